The number of ether oxygens (including phenoxy) is 2. The number of carbonyl (C=O) groups excluding carboxylic acids is 2. The van der Waals surface area contributed by atoms with Gasteiger partial charge in [0.25, 0.3) is 5.91 Å². The fourth-order valence-electron chi connectivity index (χ4n) is 5.13. The average Bonchev–Trinajstić information content (AvgIpc) is 3.57. The number of hydrogen-bond acceptors (Lipinski definition) is 10. The molecular formula is C32H35N9O4. The smallest absolute Gasteiger partial charge is 0.251 e. The van der Waals surface area contributed by atoms with E-state index in [1.54, 1.807) is 60.7 Å². The van der Waals surface area contributed by atoms with Crippen LogP contribution in [0.3, 0.4) is 0 Å². The number of nitrogens with one attached hydrogen (secondary N) is 2. The van der Waals surface area contributed by atoms with Gasteiger partial charge in [-0.3, -0.25) is 9.59 Å². The van der Waals surface area contributed by atoms with Crippen molar-refractivity contribution in [1.29, 1.82) is 5.26 Å². The maximum atomic E-state index is 12.9. The molecule has 13 nitrogen and oxygen atoms in total. The fourth-order valence-corrected chi connectivity index (χ4v) is 5.13. The summed E-state index contributed by atoms with van der Waals surface area (Å²) < 4.78 is 13.3. The van der Waals surface area contributed by atoms with E-state index in [0.717, 1.165) is 37.1 Å². The normalized spacial score (nSPS) is 13.9. The van der Waals surface area contributed by atoms with Crippen LogP contribution in [-0.4, -0.2) is 74.3 Å². The number of carbonyl (C=O) groups is 2. The summed E-state index contributed by atoms with van der Waals surface area (Å²) >= 11 is 0. The zero-order valence-corrected chi connectivity index (χ0v) is 25.4. The van der Waals surface area contributed by atoms with Gasteiger partial charge in [0.1, 0.15) is 36.3 Å². The zero-order chi connectivity index (χ0) is 31.8. The first-order valence-corrected chi connectivity index (χ1v) is 14.7. The highest BCUT2D eigenvalue weighted by molar-refractivity contribution is 5.95. The predicted molar refractivity (Wildman–Crippen MR) is 166 cm³/mol. The SMILES string of the molecule is COc1cc(C(=O)NCC2CCN(C(C)=O)CC2)ccc1Nc1ncc(-c2ccc(C#N)c(O[C@@H](C)Cn3cncn3)c2)cn1. The number of anilines is 2. The molecule has 1 saturated heterocycles. The lowest BCUT2D eigenvalue weighted by atomic mass is 9.96. The maximum Gasteiger partial charge on any atom is 0.251 e. The van der Waals surface area contributed by atoms with Crippen molar-refractivity contribution in [3.63, 3.8) is 0 Å². The number of methoxy groups -OCH3 is 1. The lowest BCUT2D eigenvalue weighted by Crippen LogP contribution is -2.40. The Bertz CT molecular complexity index is 1660. The summed E-state index contributed by atoms with van der Waals surface area (Å²) in [4.78, 5) is 39.1. The van der Waals surface area contributed by atoms with Gasteiger partial charge in [0.2, 0.25) is 11.9 Å². The van der Waals surface area contributed by atoms with Crippen LogP contribution in [0.5, 0.6) is 11.5 Å². The number of amides is 2. The van der Waals surface area contributed by atoms with Gasteiger partial charge in [-0.15, -0.1) is 0 Å². The molecule has 1 aliphatic heterocycles. The summed E-state index contributed by atoms with van der Waals surface area (Å²) in [5.74, 6) is 1.52. The summed E-state index contributed by atoms with van der Waals surface area (Å²) in [7, 11) is 1.53. The summed E-state index contributed by atoms with van der Waals surface area (Å²) in [5, 5.41) is 19.8. The van der Waals surface area contributed by atoms with Crippen LogP contribution < -0.4 is 20.1 Å². The Morgan fingerprint density at radius 3 is 2.53 bits per heavy atom. The van der Waals surface area contributed by atoms with Crippen LogP contribution in [0.4, 0.5) is 11.6 Å². The van der Waals surface area contributed by atoms with Crippen LogP contribution in [0.15, 0.2) is 61.4 Å². The average molecular weight is 610 g/mol. The second-order valence-corrected chi connectivity index (χ2v) is 10.9. The molecule has 2 amide bonds. The quantitative estimate of drug-likeness (QED) is 0.256. The van der Waals surface area contributed by atoms with E-state index in [4.69, 9.17) is 9.47 Å². The molecule has 5 rings (SSSR count). The van der Waals surface area contributed by atoms with Gasteiger partial charge < -0.3 is 25.0 Å². The maximum absolute atomic E-state index is 12.9. The van der Waals surface area contributed by atoms with Gasteiger partial charge >= 0.3 is 0 Å². The lowest BCUT2D eigenvalue weighted by molar-refractivity contribution is -0.130. The molecule has 0 aliphatic carbocycles. The molecule has 4 aromatic rings. The van der Waals surface area contributed by atoms with Gasteiger partial charge in [0.05, 0.1) is 24.9 Å². The zero-order valence-electron chi connectivity index (χ0n) is 25.4. The molecule has 1 atom stereocenters. The van der Waals surface area contributed by atoms with Crippen LogP contribution in [0.1, 0.15) is 42.6 Å². The lowest BCUT2D eigenvalue weighted by Gasteiger charge is -2.31. The van der Waals surface area contributed by atoms with Crippen LogP contribution >= 0.6 is 0 Å². The standard InChI is InChI=1S/C32H35N9O4/c1-21(18-41-20-34-19-38-41)45-29-12-24(4-5-26(29)14-33)27-16-36-32(37-17-27)39-28-7-6-25(13-30(28)44-3)31(43)35-15-23-8-10-40(11-9-23)22(2)42/h4-7,12-13,16-17,19-21,23H,8-11,15,18H2,1-3H3,(H,35,43)(H,36,37,39)/t21-/m0/s1. The van der Waals surface area contributed by atoms with E-state index in [9.17, 15) is 14.9 Å². The Kier molecular flexibility index (Phi) is 9.83. The third-order valence-corrected chi connectivity index (χ3v) is 7.65. The Hall–Kier alpha value is -5.51. The molecule has 45 heavy (non-hydrogen) atoms. The summed E-state index contributed by atoms with van der Waals surface area (Å²) in [5.41, 5.74) is 3.03. The largest absolute Gasteiger partial charge is 0.495 e. The van der Waals surface area contributed by atoms with Gasteiger partial charge in [0.15, 0.2) is 0 Å². The second-order valence-electron chi connectivity index (χ2n) is 10.9. The van der Waals surface area contributed by atoms with Crippen molar-refractivity contribution in [2.24, 2.45) is 5.92 Å². The van der Waals surface area contributed by atoms with E-state index in [1.807, 2.05) is 17.9 Å². The monoisotopic (exact) mass is 609 g/mol. The molecule has 0 saturated carbocycles. The summed E-state index contributed by atoms with van der Waals surface area (Å²) in [6, 6.07) is 12.6. The van der Waals surface area contributed by atoms with Gasteiger partial charge in [-0.2, -0.15) is 10.4 Å². The van der Waals surface area contributed by atoms with E-state index < -0.39 is 0 Å². The Balaban J connectivity index is 1.20. The van der Waals surface area contributed by atoms with Crippen molar-refractivity contribution in [2.75, 3.05) is 32.1 Å². The molecule has 1 aliphatic rings. The van der Waals surface area contributed by atoms with Crippen molar-refractivity contribution in [3.8, 4) is 28.7 Å². The highest BCUT2D eigenvalue weighted by Crippen LogP contribution is 2.30. The van der Waals surface area contributed by atoms with E-state index in [1.165, 1.54) is 13.4 Å². The van der Waals surface area contributed by atoms with Crippen molar-refractivity contribution in [2.45, 2.75) is 39.3 Å². The summed E-state index contributed by atoms with van der Waals surface area (Å²) in [6.45, 7) is 5.97. The van der Waals surface area contributed by atoms with Gasteiger partial charge in [-0.05, 0) is 61.6 Å². The van der Waals surface area contributed by atoms with E-state index in [0.29, 0.717) is 53.3 Å². The molecule has 0 radical (unpaired) electrons. The topological polar surface area (TPSA) is 160 Å². The number of nitrogens with zero attached hydrogens (tertiary/aromatic N) is 7. The van der Waals surface area contributed by atoms with E-state index >= 15 is 0 Å². The van der Waals surface area contributed by atoms with E-state index in [2.05, 4.69) is 36.8 Å². The number of benzene rings is 2. The molecule has 2 aromatic heterocycles. The number of rotatable bonds is 11. The minimum Gasteiger partial charge on any atom is -0.495 e. The van der Waals surface area contributed by atoms with Crippen LogP contribution in [0, 0.1) is 17.2 Å². The van der Waals surface area contributed by atoms with Crippen LogP contribution in [0.2, 0.25) is 0 Å². The summed E-state index contributed by atoms with van der Waals surface area (Å²) in [6.07, 6.45) is 7.91. The van der Waals surface area contributed by atoms with Crippen molar-refractivity contribution >= 4 is 23.5 Å². The minimum absolute atomic E-state index is 0.0940. The molecule has 0 bridgehead atoms. The van der Waals surface area contributed by atoms with Gasteiger partial charge in [-0.25, -0.2) is 19.6 Å². The van der Waals surface area contributed by atoms with Crippen molar-refractivity contribution in [1.82, 2.24) is 34.9 Å². The predicted octanol–water partition coefficient (Wildman–Crippen LogP) is 3.81. The van der Waals surface area contributed by atoms with Crippen molar-refractivity contribution < 1.29 is 19.1 Å². The minimum atomic E-state index is -0.249. The molecule has 232 valence electrons. The van der Waals surface area contributed by atoms with Crippen LogP contribution in [-0.2, 0) is 11.3 Å². The molecule has 13 heteroatoms. The number of piperidine rings is 1. The molecular weight excluding hydrogens is 574 g/mol. The third-order valence-electron chi connectivity index (χ3n) is 7.65. The number of hydrogen-bond donors (Lipinski definition) is 2. The second kappa shape index (κ2) is 14.3. The Labute approximate surface area is 261 Å². The van der Waals surface area contributed by atoms with Gasteiger partial charge in [-0.1, -0.05) is 6.07 Å². The number of aromatic nitrogens is 5. The number of likely N-dealkylation sites (tertiary alicyclic amines) is 1. The highest BCUT2D eigenvalue weighted by atomic mass is 16.5. The highest BCUT2D eigenvalue weighted by Gasteiger charge is 2.21. The number of nitriles is 1. The first-order valence-electron chi connectivity index (χ1n) is 14.7. The molecule has 0 spiro atoms. The molecule has 3 heterocycles. The van der Waals surface area contributed by atoms with E-state index in [-0.39, 0.29) is 17.9 Å². The Morgan fingerprint density at radius 2 is 1.87 bits per heavy atom. The first kappa shape index (κ1) is 30.9. The molecule has 1 fully saturated rings. The first-order chi connectivity index (χ1) is 21.8. The van der Waals surface area contributed by atoms with Crippen LogP contribution in [0.25, 0.3) is 11.1 Å². The van der Waals surface area contributed by atoms with Gasteiger partial charge in [0, 0.05) is 50.1 Å². The third kappa shape index (κ3) is 7.91. The Morgan fingerprint density at radius 1 is 1.09 bits per heavy atom. The van der Waals surface area contributed by atoms with Crippen molar-refractivity contribution in [3.05, 3.63) is 72.6 Å². The molecule has 2 aromatic carbocycles. The fraction of sp³-hybridized carbons (Fsp3) is 0.344. The molecule has 0 unspecified atom stereocenters. The molecule has 2 N–H and O–H groups in total.